The Balaban J connectivity index is 0.00000121. The number of aromatic nitrogens is 2. The van der Waals surface area contributed by atoms with Gasteiger partial charge in [0.25, 0.3) is 0 Å². The topological polar surface area (TPSA) is 29.0 Å². The fraction of sp³-hybridized carbons (Fsp3) is 0.375. The van der Waals surface area contributed by atoms with Crippen LogP contribution < -0.4 is 17.0 Å². The van der Waals surface area contributed by atoms with E-state index in [1.807, 2.05) is 27.9 Å². The molecule has 0 spiro atoms. The van der Waals surface area contributed by atoms with E-state index in [0.717, 1.165) is 0 Å². The van der Waals surface area contributed by atoms with Gasteiger partial charge in [0.05, 0.1) is 12.3 Å². The summed E-state index contributed by atoms with van der Waals surface area (Å²) in [4.78, 5) is 0. The second kappa shape index (κ2) is 4.95. The van der Waals surface area contributed by atoms with E-state index < -0.39 is 0 Å². The minimum Gasteiger partial charge on any atom is -1.00 e. The van der Waals surface area contributed by atoms with Crippen molar-refractivity contribution in [2.75, 3.05) is 0 Å². The molecule has 1 atom stereocenters. The van der Waals surface area contributed by atoms with Crippen LogP contribution in [-0.4, -0.2) is 15.8 Å². The molecule has 0 saturated heterocycles. The summed E-state index contributed by atoms with van der Waals surface area (Å²) in [6.45, 7) is 6.00. The highest BCUT2D eigenvalue weighted by Crippen LogP contribution is 1.85. The number of rotatable bonds is 3. The van der Waals surface area contributed by atoms with Crippen molar-refractivity contribution < 1.29 is 22.1 Å². The Kier molecular flexibility index (Phi) is 4.62. The summed E-state index contributed by atoms with van der Waals surface area (Å²) >= 11 is 0. The average molecular weight is 189 g/mol. The molecule has 0 amide bonds. The molecule has 12 heavy (non-hydrogen) atoms. The first-order chi connectivity index (χ1) is 5.22. The van der Waals surface area contributed by atoms with Crippen molar-refractivity contribution in [1.82, 2.24) is 4.57 Å². The molecule has 1 unspecified atom stereocenters. The molecule has 0 aliphatic heterocycles. The predicted octanol–water partition coefficient (Wildman–Crippen LogP) is -2.74. The molecule has 3 nitrogen and oxygen atoms in total. The zero-order chi connectivity index (χ0) is 8.27. The van der Waals surface area contributed by atoms with Crippen molar-refractivity contribution in [2.24, 2.45) is 0 Å². The normalized spacial score (nSPS) is 11.8. The smallest absolute Gasteiger partial charge is 0.248 e. The number of nitrogens with zero attached hydrogens (tertiary/aromatic N) is 2. The third-order valence-electron chi connectivity index (χ3n) is 1.40. The van der Waals surface area contributed by atoms with Gasteiger partial charge in [0.2, 0.25) is 6.33 Å². The van der Waals surface area contributed by atoms with Crippen LogP contribution in [0.15, 0.2) is 25.3 Å². The Morgan fingerprint density at radius 1 is 1.75 bits per heavy atom. The SMILES string of the molecule is C=Cn1cc[n+](CC(C)O)c1.[Cl-]. The molecule has 68 valence electrons. The number of hydrogen-bond donors (Lipinski definition) is 1. The Morgan fingerprint density at radius 2 is 2.42 bits per heavy atom. The van der Waals surface area contributed by atoms with E-state index in [4.69, 9.17) is 5.11 Å². The number of aliphatic hydroxyl groups is 1. The van der Waals surface area contributed by atoms with Crippen LogP contribution in [0.2, 0.25) is 0 Å². The fourth-order valence-electron chi connectivity index (χ4n) is 0.932. The second-order valence-electron chi connectivity index (χ2n) is 2.59. The quantitative estimate of drug-likeness (QED) is 0.513. The highest BCUT2D eigenvalue weighted by molar-refractivity contribution is 5.12. The maximum atomic E-state index is 9.03. The van der Waals surface area contributed by atoms with E-state index in [-0.39, 0.29) is 18.5 Å². The van der Waals surface area contributed by atoms with Crippen molar-refractivity contribution in [3.63, 3.8) is 0 Å². The van der Waals surface area contributed by atoms with Crippen molar-refractivity contribution in [3.8, 4) is 0 Å². The van der Waals surface area contributed by atoms with Gasteiger partial charge in [-0.05, 0) is 6.92 Å². The molecule has 0 radical (unpaired) electrons. The van der Waals surface area contributed by atoms with Gasteiger partial charge in [0.1, 0.15) is 18.9 Å². The standard InChI is InChI=1S/C8H13N2O.ClH/c1-3-9-4-5-10(7-9)6-8(2)11;/h3-5,7-8,11H,1,6H2,2H3;1H/q+1;/p-1. The molecule has 0 aliphatic carbocycles. The molecule has 0 aliphatic rings. The van der Waals surface area contributed by atoms with Crippen molar-refractivity contribution >= 4 is 6.20 Å². The van der Waals surface area contributed by atoms with Gasteiger partial charge in [-0.25, -0.2) is 9.13 Å². The van der Waals surface area contributed by atoms with Crippen LogP contribution in [0, 0.1) is 0 Å². The van der Waals surface area contributed by atoms with Crippen LogP contribution in [0.3, 0.4) is 0 Å². The highest BCUT2D eigenvalue weighted by atomic mass is 35.5. The summed E-state index contributed by atoms with van der Waals surface area (Å²) < 4.78 is 3.74. The summed E-state index contributed by atoms with van der Waals surface area (Å²) in [5, 5.41) is 9.03. The number of imidazole rings is 1. The van der Waals surface area contributed by atoms with Gasteiger partial charge in [0, 0.05) is 0 Å². The lowest BCUT2D eigenvalue weighted by atomic mass is 10.4. The zero-order valence-corrected chi connectivity index (χ0v) is 7.78. The van der Waals surface area contributed by atoms with Crippen LogP contribution in [0.1, 0.15) is 6.92 Å². The molecule has 1 aromatic heterocycles. The van der Waals surface area contributed by atoms with Crippen LogP contribution in [0.25, 0.3) is 6.20 Å². The molecule has 0 bridgehead atoms. The third kappa shape index (κ3) is 3.07. The van der Waals surface area contributed by atoms with E-state index >= 15 is 0 Å². The largest absolute Gasteiger partial charge is 1.00 e. The summed E-state index contributed by atoms with van der Waals surface area (Å²) in [6, 6.07) is 0. The summed E-state index contributed by atoms with van der Waals surface area (Å²) in [5.74, 6) is 0. The Hall–Kier alpha value is -0.800. The number of halogens is 1. The van der Waals surface area contributed by atoms with Crippen molar-refractivity contribution in [2.45, 2.75) is 19.6 Å². The lowest BCUT2D eigenvalue weighted by molar-refractivity contribution is -0.702. The minimum absolute atomic E-state index is 0. The predicted molar refractivity (Wildman–Crippen MR) is 42.7 cm³/mol. The van der Waals surface area contributed by atoms with E-state index in [1.165, 1.54) is 0 Å². The van der Waals surface area contributed by atoms with Gasteiger partial charge in [0.15, 0.2) is 0 Å². The van der Waals surface area contributed by atoms with Crippen LogP contribution >= 0.6 is 0 Å². The van der Waals surface area contributed by atoms with Crippen LogP contribution in [-0.2, 0) is 6.54 Å². The first kappa shape index (κ1) is 11.2. The average Bonchev–Trinajstić information content (AvgIpc) is 2.34. The van der Waals surface area contributed by atoms with Crippen molar-refractivity contribution in [3.05, 3.63) is 25.3 Å². The number of hydrogen-bond acceptors (Lipinski definition) is 1. The Bertz CT molecular complexity index is 245. The van der Waals surface area contributed by atoms with E-state index in [1.54, 1.807) is 13.1 Å². The molecule has 1 N–H and O–H groups in total. The fourth-order valence-corrected chi connectivity index (χ4v) is 0.932. The summed E-state index contributed by atoms with van der Waals surface area (Å²) in [7, 11) is 0. The number of aliphatic hydroxyl groups excluding tert-OH is 1. The molecule has 1 aromatic rings. The maximum Gasteiger partial charge on any atom is 0.248 e. The van der Waals surface area contributed by atoms with Gasteiger partial charge in [-0.15, -0.1) is 0 Å². The van der Waals surface area contributed by atoms with Crippen LogP contribution in [0.5, 0.6) is 0 Å². The Morgan fingerprint density at radius 3 is 2.83 bits per heavy atom. The third-order valence-corrected chi connectivity index (χ3v) is 1.40. The van der Waals surface area contributed by atoms with Gasteiger partial charge < -0.3 is 17.5 Å². The molecular weight excluding hydrogens is 176 g/mol. The molecule has 1 heterocycles. The first-order valence-electron chi connectivity index (χ1n) is 3.59. The van der Waals surface area contributed by atoms with Crippen LogP contribution in [0.4, 0.5) is 0 Å². The summed E-state index contributed by atoms with van der Waals surface area (Å²) in [6.07, 6.45) is 7.06. The first-order valence-corrected chi connectivity index (χ1v) is 3.59. The van der Waals surface area contributed by atoms with Gasteiger partial charge >= 0.3 is 0 Å². The molecule has 4 heteroatoms. The zero-order valence-electron chi connectivity index (χ0n) is 7.02. The van der Waals surface area contributed by atoms with Gasteiger partial charge in [-0.1, -0.05) is 6.58 Å². The lowest BCUT2D eigenvalue weighted by Crippen LogP contribution is -3.00. The van der Waals surface area contributed by atoms with Gasteiger partial charge in [-0.3, -0.25) is 0 Å². The molecule has 0 saturated carbocycles. The molecule has 1 rings (SSSR count). The van der Waals surface area contributed by atoms with E-state index in [0.29, 0.717) is 6.54 Å². The maximum absolute atomic E-state index is 9.03. The highest BCUT2D eigenvalue weighted by Gasteiger charge is 2.03. The second-order valence-corrected chi connectivity index (χ2v) is 2.59. The molecular formula is C8H13ClN2O. The molecule has 0 aromatic carbocycles. The Labute approximate surface area is 78.4 Å². The minimum atomic E-state index is -0.305. The van der Waals surface area contributed by atoms with E-state index in [2.05, 4.69) is 6.58 Å². The van der Waals surface area contributed by atoms with Gasteiger partial charge in [-0.2, -0.15) is 0 Å². The monoisotopic (exact) mass is 188 g/mol. The molecule has 0 fully saturated rings. The van der Waals surface area contributed by atoms with Crippen molar-refractivity contribution in [1.29, 1.82) is 0 Å². The lowest BCUT2D eigenvalue weighted by Gasteiger charge is -1.97. The van der Waals surface area contributed by atoms with E-state index in [9.17, 15) is 0 Å². The summed E-state index contributed by atoms with van der Waals surface area (Å²) in [5.41, 5.74) is 0.